The number of aromatic nitrogens is 6. The van der Waals surface area contributed by atoms with Crippen LogP contribution in [0.2, 0.25) is 0 Å². The number of ether oxygens (including phenoxy) is 2. The van der Waals surface area contributed by atoms with E-state index in [1.165, 1.54) is 0 Å². The summed E-state index contributed by atoms with van der Waals surface area (Å²) in [5, 5.41) is 20.3. The Morgan fingerprint density at radius 1 is 1.24 bits per heavy atom. The van der Waals surface area contributed by atoms with Crippen molar-refractivity contribution in [3.8, 4) is 11.4 Å². The Kier molecular flexibility index (Phi) is 6.26. The summed E-state index contributed by atoms with van der Waals surface area (Å²) in [6, 6.07) is 5.83. The molecular weight excluding hydrogens is 474 g/mol. The lowest BCUT2D eigenvalue weighted by molar-refractivity contribution is -0.117. The highest BCUT2D eigenvalue weighted by Crippen LogP contribution is 2.39. The van der Waals surface area contributed by atoms with Crippen molar-refractivity contribution in [3.63, 3.8) is 0 Å². The molecule has 2 N–H and O–H groups in total. The maximum atomic E-state index is 12.7. The van der Waals surface area contributed by atoms with Crippen LogP contribution >= 0.6 is 0 Å². The van der Waals surface area contributed by atoms with Gasteiger partial charge in [-0.15, -0.1) is 15.3 Å². The molecule has 6 rings (SSSR count). The van der Waals surface area contributed by atoms with Crippen molar-refractivity contribution in [3.05, 3.63) is 30.6 Å². The molecule has 0 unspecified atom stereocenters. The zero-order valence-electron chi connectivity index (χ0n) is 20.8. The van der Waals surface area contributed by atoms with E-state index in [4.69, 9.17) is 19.6 Å². The fourth-order valence-electron chi connectivity index (χ4n) is 4.75. The molecule has 1 amide bonds. The molecule has 0 bridgehead atoms. The van der Waals surface area contributed by atoms with Gasteiger partial charge >= 0.3 is 0 Å². The molecule has 4 aromatic heterocycles. The molecular formula is C25H29N9O3. The summed E-state index contributed by atoms with van der Waals surface area (Å²) < 4.78 is 12.4. The third kappa shape index (κ3) is 4.65. The first-order valence-electron chi connectivity index (χ1n) is 12.5. The molecule has 1 aliphatic heterocycles. The smallest absolute Gasteiger partial charge is 0.229 e. The van der Waals surface area contributed by atoms with Crippen molar-refractivity contribution in [2.75, 3.05) is 62.1 Å². The lowest BCUT2D eigenvalue weighted by atomic mass is 10.1. The molecule has 1 aliphatic carbocycles. The zero-order chi connectivity index (χ0) is 25.4. The average Bonchev–Trinajstić information content (AvgIpc) is 3.57. The van der Waals surface area contributed by atoms with Crippen molar-refractivity contribution >= 4 is 39.8 Å². The number of carbonyl (C=O) groups excluding carboxylic acids is 1. The third-order valence-electron chi connectivity index (χ3n) is 6.80. The Balaban J connectivity index is 1.35. The highest BCUT2D eigenvalue weighted by Gasteiger charge is 2.43. The van der Waals surface area contributed by atoms with Crippen LogP contribution in [0.1, 0.15) is 13.3 Å². The normalized spacial score (nSPS) is 19.4. The second-order valence-electron chi connectivity index (χ2n) is 9.31. The minimum Gasteiger partial charge on any atom is -0.384 e. The van der Waals surface area contributed by atoms with Gasteiger partial charge < -0.3 is 25.0 Å². The van der Waals surface area contributed by atoms with Crippen molar-refractivity contribution in [2.45, 2.75) is 13.3 Å². The van der Waals surface area contributed by atoms with Gasteiger partial charge in [-0.05, 0) is 37.5 Å². The Morgan fingerprint density at radius 2 is 2.11 bits per heavy atom. The monoisotopic (exact) mass is 503 g/mol. The molecule has 0 radical (unpaired) electrons. The molecule has 2 aliphatic rings. The highest BCUT2D eigenvalue weighted by molar-refractivity contribution is 6.01. The Morgan fingerprint density at radius 3 is 2.92 bits per heavy atom. The van der Waals surface area contributed by atoms with Gasteiger partial charge in [-0.1, -0.05) is 0 Å². The van der Waals surface area contributed by atoms with Gasteiger partial charge in [-0.3, -0.25) is 4.79 Å². The third-order valence-corrected chi connectivity index (χ3v) is 6.80. The molecule has 192 valence electrons. The van der Waals surface area contributed by atoms with Gasteiger partial charge in [-0.2, -0.15) is 0 Å². The number of nitrogens with zero attached hydrogens (tertiary/aromatic N) is 7. The largest absolute Gasteiger partial charge is 0.384 e. The lowest BCUT2D eigenvalue weighted by Crippen LogP contribution is -2.36. The van der Waals surface area contributed by atoms with Crippen LogP contribution in [0.3, 0.4) is 0 Å². The van der Waals surface area contributed by atoms with E-state index in [2.05, 4.69) is 36.8 Å². The fourth-order valence-corrected chi connectivity index (χ4v) is 4.75. The Bertz CT molecular complexity index is 1450. The fraction of sp³-hybridized carbons (Fsp3) is 0.440. The first-order chi connectivity index (χ1) is 18.1. The van der Waals surface area contributed by atoms with Gasteiger partial charge in [0.1, 0.15) is 5.52 Å². The second-order valence-corrected chi connectivity index (χ2v) is 9.31. The quantitative estimate of drug-likeness (QED) is 0.369. The summed E-state index contributed by atoms with van der Waals surface area (Å²) in [6.45, 7) is 6.36. The van der Waals surface area contributed by atoms with E-state index in [0.29, 0.717) is 54.9 Å². The van der Waals surface area contributed by atoms with Crippen LogP contribution in [0.5, 0.6) is 0 Å². The van der Waals surface area contributed by atoms with Gasteiger partial charge in [0.05, 0.1) is 25.1 Å². The van der Waals surface area contributed by atoms with E-state index in [9.17, 15) is 4.79 Å². The Labute approximate surface area is 213 Å². The SMILES string of the molecule is CCNc1ncc(-c2nc3ccc(N4CCOCC4)cn3n2)c2cc(NC(=O)[C@H]3C[C@H]3COC)nnc12. The van der Waals surface area contributed by atoms with Crippen molar-refractivity contribution in [2.24, 2.45) is 11.8 Å². The minimum atomic E-state index is -0.0697. The number of carbonyl (C=O) groups is 1. The number of rotatable bonds is 8. The molecule has 1 saturated heterocycles. The van der Waals surface area contributed by atoms with E-state index in [0.717, 1.165) is 36.2 Å². The van der Waals surface area contributed by atoms with Crippen LogP contribution in [0.25, 0.3) is 27.9 Å². The number of anilines is 3. The number of hydrogen-bond donors (Lipinski definition) is 2. The van der Waals surface area contributed by atoms with E-state index < -0.39 is 0 Å². The standard InChI is InChI=1S/C25H29N9O3/c1-3-26-24-22-18(11-20(30-31-22)28-25(35)17-10-15(17)14-36-2)19(12-27-24)23-29-21-5-4-16(13-34(21)32-23)33-6-8-37-9-7-33/h4-5,11-13,15,17H,3,6-10,14H2,1-2H3,(H,26,27)(H,28,30,35)/t15-,17-/m0/s1. The number of fused-ring (bicyclic) bond motifs is 2. The number of nitrogens with one attached hydrogen (secondary N) is 2. The summed E-state index contributed by atoms with van der Waals surface area (Å²) >= 11 is 0. The molecule has 2 fully saturated rings. The molecule has 4 aromatic rings. The molecule has 1 saturated carbocycles. The molecule has 2 atom stereocenters. The zero-order valence-corrected chi connectivity index (χ0v) is 20.8. The molecule has 0 spiro atoms. The topological polar surface area (TPSA) is 132 Å². The number of pyridine rings is 2. The number of hydrogen-bond acceptors (Lipinski definition) is 10. The number of amides is 1. The van der Waals surface area contributed by atoms with Gasteiger partial charge in [0.15, 0.2) is 23.1 Å². The van der Waals surface area contributed by atoms with Gasteiger partial charge in [0, 0.05) is 56.4 Å². The van der Waals surface area contributed by atoms with E-state index in [1.807, 2.05) is 25.3 Å². The van der Waals surface area contributed by atoms with Crippen molar-refractivity contribution in [1.82, 2.24) is 29.8 Å². The molecule has 12 heteroatoms. The predicted molar refractivity (Wildman–Crippen MR) is 139 cm³/mol. The summed E-state index contributed by atoms with van der Waals surface area (Å²) in [4.78, 5) is 24.3. The Hall–Kier alpha value is -3.90. The van der Waals surface area contributed by atoms with E-state index >= 15 is 0 Å². The van der Waals surface area contributed by atoms with Crippen LogP contribution < -0.4 is 15.5 Å². The second kappa shape index (κ2) is 9.87. The van der Waals surface area contributed by atoms with Crippen LogP contribution in [0.15, 0.2) is 30.6 Å². The summed E-state index contributed by atoms with van der Waals surface area (Å²) in [5.74, 6) is 1.64. The van der Waals surface area contributed by atoms with Gasteiger partial charge in [-0.25, -0.2) is 14.5 Å². The molecule has 12 nitrogen and oxygen atoms in total. The predicted octanol–water partition coefficient (Wildman–Crippen LogP) is 2.22. The minimum absolute atomic E-state index is 0.0626. The van der Waals surface area contributed by atoms with Gasteiger partial charge in [0.2, 0.25) is 5.91 Å². The van der Waals surface area contributed by atoms with Crippen LogP contribution in [-0.2, 0) is 14.3 Å². The maximum absolute atomic E-state index is 12.7. The lowest BCUT2D eigenvalue weighted by Gasteiger charge is -2.28. The van der Waals surface area contributed by atoms with Crippen molar-refractivity contribution in [1.29, 1.82) is 0 Å². The number of methoxy groups -OCH3 is 1. The van der Waals surface area contributed by atoms with Crippen molar-refractivity contribution < 1.29 is 14.3 Å². The average molecular weight is 504 g/mol. The van der Waals surface area contributed by atoms with Gasteiger partial charge in [0.25, 0.3) is 0 Å². The summed E-state index contributed by atoms with van der Waals surface area (Å²) in [5.41, 5.74) is 3.10. The maximum Gasteiger partial charge on any atom is 0.229 e. The van der Waals surface area contributed by atoms with E-state index in [1.54, 1.807) is 17.8 Å². The molecule has 37 heavy (non-hydrogen) atoms. The molecule has 5 heterocycles. The van der Waals surface area contributed by atoms with Crippen LogP contribution in [0, 0.1) is 11.8 Å². The van der Waals surface area contributed by atoms with Crippen LogP contribution in [0.4, 0.5) is 17.3 Å². The van der Waals surface area contributed by atoms with E-state index in [-0.39, 0.29) is 17.7 Å². The first-order valence-corrected chi connectivity index (χ1v) is 12.5. The van der Waals surface area contributed by atoms with Crippen LogP contribution in [-0.4, -0.2) is 82.3 Å². The highest BCUT2D eigenvalue weighted by atomic mass is 16.5. The summed E-state index contributed by atoms with van der Waals surface area (Å²) in [6.07, 6.45) is 4.54. The first kappa shape index (κ1) is 23.5. The summed E-state index contributed by atoms with van der Waals surface area (Å²) in [7, 11) is 1.65. The molecule has 0 aromatic carbocycles. The number of morpholine rings is 1.